The molecule has 0 saturated heterocycles. The maximum atomic E-state index is 6.36. The molecular weight excluding hydrogens is 796 g/mol. The van der Waals surface area contributed by atoms with Crippen LogP contribution in [0.3, 0.4) is 0 Å². The van der Waals surface area contributed by atoms with Crippen LogP contribution in [0.5, 0.6) is 0 Å². The lowest BCUT2D eigenvalue weighted by molar-refractivity contribution is 0.506. The number of thiophene rings is 1. The molecule has 0 unspecified atom stereocenters. The monoisotopic (exact) mass is 852 g/mol. The lowest BCUT2D eigenvalue weighted by atomic mass is 9.36. The topological polar surface area (TPSA) is 19.6 Å². The van der Waals surface area contributed by atoms with Gasteiger partial charge in [-0.25, -0.2) is 0 Å². The lowest BCUT2D eigenvalue weighted by Crippen LogP contribution is -2.60. The van der Waals surface area contributed by atoms with Gasteiger partial charge in [-0.15, -0.1) is 11.3 Å². The Morgan fingerprint density at radius 1 is 0.547 bits per heavy atom. The highest BCUT2D eigenvalue weighted by Gasteiger charge is 2.45. The zero-order valence-electron chi connectivity index (χ0n) is 39.0. The number of aryl methyl sites for hydroxylation is 1. The van der Waals surface area contributed by atoms with E-state index < -0.39 is 0 Å². The molecule has 11 rings (SSSR count). The minimum Gasteiger partial charge on any atom is -0.456 e. The van der Waals surface area contributed by atoms with Crippen molar-refractivity contribution >= 4 is 99.9 Å². The van der Waals surface area contributed by atoms with Crippen molar-refractivity contribution in [2.45, 2.75) is 98.3 Å². The normalized spacial score (nSPS) is 13.8. The first kappa shape index (κ1) is 40.7. The van der Waals surface area contributed by atoms with E-state index in [1.165, 1.54) is 93.3 Å². The summed E-state index contributed by atoms with van der Waals surface area (Å²) >= 11 is 1.98. The summed E-state index contributed by atoms with van der Waals surface area (Å²) in [5.74, 6) is 0. The van der Waals surface area contributed by atoms with E-state index in [9.17, 15) is 0 Å². The molecule has 0 fully saturated rings. The third-order valence-electron chi connectivity index (χ3n) is 14.5. The summed E-state index contributed by atoms with van der Waals surface area (Å²) in [6.45, 7) is 23.3. The van der Waals surface area contributed by atoms with E-state index in [1.54, 1.807) is 0 Å². The molecule has 0 atom stereocenters. The van der Waals surface area contributed by atoms with Gasteiger partial charge in [0.15, 0.2) is 0 Å². The zero-order valence-corrected chi connectivity index (χ0v) is 39.8. The fourth-order valence-corrected chi connectivity index (χ4v) is 11.6. The van der Waals surface area contributed by atoms with Gasteiger partial charge in [0.25, 0.3) is 6.71 Å². The van der Waals surface area contributed by atoms with Gasteiger partial charge in [-0.2, -0.15) is 0 Å². The molecule has 2 aromatic heterocycles. The number of furan rings is 1. The van der Waals surface area contributed by atoms with Crippen LogP contribution in [0.4, 0.5) is 34.1 Å². The van der Waals surface area contributed by atoms with E-state index in [1.807, 2.05) is 11.3 Å². The summed E-state index contributed by atoms with van der Waals surface area (Å²) in [5.41, 5.74) is 19.8. The summed E-state index contributed by atoms with van der Waals surface area (Å²) in [5, 5.41) is 3.61. The van der Waals surface area contributed by atoms with Crippen LogP contribution in [0.2, 0.25) is 0 Å². The van der Waals surface area contributed by atoms with Crippen LogP contribution in [-0.4, -0.2) is 6.71 Å². The second-order valence-electron chi connectivity index (χ2n) is 20.9. The summed E-state index contributed by atoms with van der Waals surface area (Å²) in [6.07, 6.45) is 2.05. The second-order valence-corrected chi connectivity index (χ2v) is 22.0. The Balaban J connectivity index is 1.20. The molecule has 5 heteroatoms. The summed E-state index contributed by atoms with van der Waals surface area (Å²) < 4.78 is 9.10. The van der Waals surface area contributed by atoms with Crippen molar-refractivity contribution in [3.05, 3.63) is 162 Å². The number of benzene rings is 7. The SMILES string of the molecule is CCc1ccc2c(c1)B1c3sc4ccc(C(C)(C)C)cc4c3N(c3ccc(C(C)(C)CC)cc3)c3cccc(c31)N2c1ccc(C(C)(C)C)cc1-c1ccc2oc3ccccc3c2c1. The molecule has 0 bridgehead atoms. The molecule has 7 aromatic carbocycles. The van der Waals surface area contributed by atoms with E-state index in [-0.39, 0.29) is 23.0 Å². The van der Waals surface area contributed by atoms with Crippen molar-refractivity contribution in [3.63, 3.8) is 0 Å². The smallest absolute Gasteiger partial charge is 0.264 e. The third kappa shape index (κ3) is 6.29. The Hall–Kier alpha value is -6.04. The van der Waals surface area contributed by atoms with Gasteiger partial charge >= 0.3 is 0 Å². The van der Waals surface area contributed by atoms with Gasteiger partial charge in [-0.1, -0.05) is 136 Å². The van der Waals surface area contributed by atoms with E-state index in [2.05, 4.69) is 219 Å². The standard InChI is InChI=1S/C59H57BN2OS/c1-11-36-20-28-48-46(32-36)60-54-49(61(41-26-22-38(23-27-41)59(9,10)12-2)55-45-35-40(58(6,7)8)25-31-53(45)64-56(55)60)17-15-18-50(54)62(48)47-29-24-39(57(3,4)5)34-43(47)37-21-30-52-44(33-37)42-16-13-14-19-51(42)63-52/h13-35H,11-12H2,1-10H3. The predicted octanol–water partition coefficient (Wildman–Crippen LogP) is 15.4. The fourth-order valence-electron chi connectivity index (χ4n) is 10.3. The number of hydrogen-bond acceptors (Lipinski definition) is 4. The first-order valence-electron chi connectivity index (χ1n) is 23.2. The molecule has 0 saturated carbocycles. The van der Waals surface area contributed by atoms with Crippen LogP contribution >= 0.6 is 11.3 Å². The van der Waals surface area contributed by atoms with Gasteiger partial charge in [0.05, 0.1) is 11.4 Å². The maximum absolute atomic E-state index is 6.36. The molecule has 0 radical (unpaired) electrons. The highest BCUT2D eigenvalue weighted by atomic mass is 32.1. The number of fused-ring (bicyclic) bond motifs is 9. The molecule has 64 heavy (non-hydrogen) atoms. The molecule has 318 valence electrons. The molecule has 0 spiro atoms. The molecule has 2 aliphatic rings. The van der Waals surface area contributed by atoms with Gasteiger partial charge in [0, 0.05) is 53.9 Å². The maximum Gasteiger partial charge on any atom is 0.264 e. The quantitative estimate of drug-likeness (QED) is 0.155. The van der Waals surface area contributed by atoms with Crippen molar-refractivity contribution < 1.29 is 4.42 Å². The van der Waals surface area contributed by atoms with Gasteiger partial charge in [-0.05, 0) is 141 Å². The zero-order chi connectivity index (χ0) is 44.4. The second kappa shape index (κ2) is 14.5. The van der Waals surface area contributed by atoms with Gasteiger partial charge in [0.2, 0.25) is 0 Å². The van der Waals surface area contributed by atoms with Gasteiger partial charge in [0.1, 0.15) is 11.2 Å². The molecule has 3 nitrogen and oxygen atoms in total. The summed E-state index contributed by atoms with van der Waals surface area (Å²) in [4.78, 5) is 5.19. The molecule has 0 aliphatic carbocycles. The summed E-state index contributed by atoms with van der Waals surface area (Å²) in [6, 6.07) is 53.4. The van der Waals surface area contributed by atoms with Crippen LogP contribution in [0, 0.1) is 0 Å². The third-order valence-corrected chi connectivity index (χ3v) is 15.7. The highest BCUT2D eigenvalue weighted by Crippen LogP contribution is 2.50. The van der Waals surface area contributed by atoms with Crippen LogP contribution < -0.4 is 25.5 Å². The number of nitrogens with zero attached hydrogens (tertiary/aromatic N) is 2. The highest BCUT2D eigenvalue weighted by molar-refractivity contribution is 7.33. The van der Waals surface area contributed by atoms with Gasteiger partial charge < -0.3 is 14.2 Å². The van der Waals surface area contributed by atoms with Crippen LogP contribution in [0.25, 0.3) is 43.2 Å². The van der Waals surface area contributed by atoms with Crippen molar-refractivity contribution in [2.24, 2.45) is 0 Å². The molecule has 9 aromatic rings. The van der Waals surface area contributed by atoms with E-state index >= 15 is 0 Å². The van der Waals surface area contributed by atoms with Crippen molar-refractivity contribution in [3.8, 4) is 11.1 Å². The van der Waals surface area contributed by atoms with Crippen LogP contribution in [0.1, 0.15) is 97.9 Å². The summed E-state index contributed by atoms with van der Waals surface area (Å²) in [7, 11) is 0. The Bertz CT molecular complexity index is 3320. The Morgan fingerprint density at radius 3 is 1.95 bits per heavy atom. The number of hydrogen-bond donors (Lipinski definition) is 0. The van der Waals surface area contributed by atoms with E-state index in [0.717, 1.165) is 34.8 Å². The fraction of sp³-hybridized carbons (Fsp3) is 0.254. The molecular formula is C59H57BN2OS. The number of para-hydroxylation sites is 1. The first-order valence-corrected chi connectivity index (χ1v) is 24.1. The lowest BCUT2D eigenvalue weighted by Gasteiger charge is -2.43. The van der Waals surface area contributed by atoms with Crippen molar-refractivity contribution in [1.29, 1.82) is 0 Å². The molecule has 0 amide bonds. The Labute approximate surface area is 383 Å². The number of anilines is 6. The van der Waals surface area contributed by atoms with E-state index in [4.69, 9.17) is 4.42 Å². The van der Waals surface area contributed by atoms with Crippen LogP contribution in [0.15, 0.2) is 144 Å². The average Bonchev–Trinajstić information content (AvgIpc) is 3.86. The minimum absolute atomic E-state index is 0.0183. The van der Waals surface area contributed by atoms with Crippen LogP contribution in [-0.2, 0) is 22.7 Å². The van der Waals surface area contributed by atoms with Gasteiger partial charge in [-0.3, -0.25) is 0 Å². The molecule has 4 heterocycles. The number of rotatable bonds is 6. The molecule has 0 N–H and O–H groups in total. The minimum atomic E-state index is -0.0423. The average molecular weight is 853 g/mol. The first-order chi connectivity index (χ1) is 30.6. The Morgan fingerprint density at radius 2 is 1.22 bits per heavy atom. The van der Waals surface area contributed by atoms with E-state index in [0.29, 0.717) is 0 Å². The largest absolute Gasteiger partial charge is 0.456 e. The van der Waals surface area contributed by atoms with Crippen molar-refractivity contribution in [1.82, 2.24) is 0 Å². The van der Waals surface area contributed by atoms with Crippen molar-refractivity contribution in [2.75, 3.05) is 9.80 Å². The molecule has 2 aliphatic heterocycles. The Kier molecular flexibility index (Phi) is 9.22. The predicted molar refractivity (Wildman–Crippen MR) is 279 cm³/mol.